The fraction of sp³-hybridized carbons (Fsp3) is 0.304. The van der Waals surface area contributed by atoms with Crippen molar-refractivity contribution in [2.24, 2.45) is 0 Å². The van der Waals surface area contributed by atoms with Crippen molar-refractivity contribution < 1.29 is 4.79 Å². The number of hydrogen-bond donors (Lipinski definition) is 1. The van der Waals surface area contributed by atoms with E-state index < -0.39 is 0 Å². The Morgan fingerprint density at radius 3 is 2.62 bits per heavy atom. The first-order chi connectivity index (χ1) is 15.6. The predicted octanol–water partition coefficient (Wildman–Crippen LogP) is 3.14. The van der Waals surface area contributed by atoms with Crippen LogP contribution in [0.25, 0.3) is 16.7 Å². The van der Waals surface area contributed by atoms with Crippen molar-refractivity contribution in [1.82, 2.24) is 24.5 Å². The summed E-state index contributed by atoms with van der Waals surface area (Å²) in [5.74, 6) is 0.692. The highest BCUT2D eigenvalue weighted by atomic mass is 35.5. The second-order valence-corrected chi connectivity index (χ2v) is 8.35. The van der Waals surface area contributed by atoms with Gasteiger partial charge in [0.1, 0.15) is 5.82 Å². The Morgan fingerprint density at radius 2 is 1.88 bits per heavy atom. The van der Waals surface area contributed by atoms with Gasteiger partial charge < -0.3 is 14.8 Å². The largest absolute Gasteiger partial charge is 0.367 e. The van der Waals surface area contributed by atoms with Crippen LogP contribution in [-0.4, -0.2) is 56.6 Å². The molecule has 0 bridgehead atoms. The number of piperazine rings is 1. The van der Waals surface area contributed by atoms with E-state index in [0.29, 0.717) is 42.3 Å². The molecule has 9 heteroatoms. The van der Waals surface area contributed by atoms with Gasteiger partial charge in [0.15, 0.2) is 0 Å². The molecule has 0 saturated carbocycles. The van der Waals surface area contributed by atoms with Gasteiger partial charge in [-0.3, -0.25) is 14.0 Å². The molecule has 1 aliphatic heterocycles. The number of aromatic amines is 1. The molecule has 3 heterocycles. The Morgan fingerprint density at radius 1 is 1.09 bits per heavy atom. The Hall–Kier alpha value is -3.39. The number of aryl methyl sites for hydroxylation is 1. The number of H-pyrrole nitrogens is 1. The number of anilines is 1. The van der Waals surface area contributed by atoms with Gasteiger partial charge >= 0.3 is 0 Å². The molecule has 1 saturated heterocycles. The molecule has 0 unspecified atom stereocenters. The minimum absolute atomic E-state index is 0.0517. The summed E-state index contributed by atoms with van der Waals surface area (Å²) >= 11 is 6.32. The molecule has 1 N–H and O–H groups in total. The number of halogens is 1. The lowest BCUT2D eigenvalue weighted by molar-refractivity contribution is 0.0747. The summed E-state index contributed by atoms with van der Waals surface area (Å²) in [6, 6.07) is 13.2. The Bertz CT molecular complexity index is 1370. The first-order valence-corrected chi connectivity index (χ1v) is 11.1. The van der Waals surface area contributed by atoms with Crippen molar-refractivity contribution in [3.05, 3.63) is 69.2 Å². The molecule has 1 aliphatic rings. The Labute approximate surface area is 189 Å². The van der Waals surface area contributed by atoms with Crippen molar-refractivity contribution in [3.8, 4) is 0 Å². The quantitative estimate of drug-likeness (QED) is 0.516. The summed E-state index contributed by atoms with van der Waals surface area (Å²) in [6.45, 7) is 4.68. The van der Waals surface area contributed by atoms with Crippen molar-refractivity contribution in [1.29, 1.82) is 0 Å². The monoisotopic (exact) mass is 450 g/mol. The number of nitrogens with one attached hydrogen (secondary N) is 1. The van der Waals surface area contributed by atoms with E-state index in [4.69, 9.17) is 11.6 Å². The fourth-order valence-corrected chi connectivity index (χ4v) is 4.54. The molecule has 8 nitrogen and oxygen atoms in total. The molecule has 1 fully saturated rings. The second-order valence-electron chi connectivity index (χ2n) is 7.94. The number of benzene rings is 2. The summed E-state index contributed by atoms with van der Waals surface area (Å²) in [7, 11) is 0. The lowest BCUT2D eigenvalue weighted by Gasteiger charge is -2.36. The highest BCUT2D eigenvalue weighted by Gasteiger charge is 2.24. The van der Waals surface area contributed by atoms with Crippen LogP contribution < -0.4 is 10.5 Å². The maximum Gasteiger partial charge on any atom is 0.294 e. The molecule has 32 heavy (non-hydrogen) atoms. The zero-order valence-electron chi connectivity index (χ0n) is 17.7. The lowest BCUT2D eigenvalue weighted by atomic mass is 10.1. The van der Waals surface area contributed by atoms with Crippen molar-refractivity contribution in [2.75, 3.05) is 31.1 Å². The van der Waals surface area contributed by atoms with Crippen molar-refractivity contribution in [3.63, 3.8) is 0 Å². The van der Waals surface area contributed by atoms with E-state index >= 15 is 0 Å². The summed E-state index contributed by atoms with van der Waals surface area (Å²) in [4.78, 5) is 32.6. The first kappa shape index (κ1) is 20.5. The normalized spacial score (nSPS) is 14.4. The smallest absolute Gasteiger partial charge is 0.294 e. The number of aromatic nitrogens is 4. The summed E-state index contributed by atoms with van der Waals surface area (Å²) < 4.78 is 1.79. The predicted molar refractivity (Wildman–Crippen MR) is 125 cm³/mol. The van der Waals surface area contributed by atoms with E-state index in [0.717, 1.165) is 29.9 Å². The highest BCUT2D eigenvalue weighted by Crippen LogP contribution is 2.26. The molecule has 164 valence electrons. The highest BCUT2D eigenvalue weighted by molar-refractivity contribution is 6.33. The summed E-state index contributed by atoms with van der Waals surface area (Å²) in [5, 5.41) is 8.92. The van der Waals surface area contributed by atoms with Gasteiger partial charge in [0, 0.05) is 38.2 Å². The van der Waals surface area contributed by atoms with Crippen molar-refractivity contribution >= 4 is 39.9 Å². The molecular formula is C23H23ClN6O2. The maximum absolute atomic E-state index is 13.2. The van der Waals surface area contributed by atoms with E-state index in [1.54, 1.807) is 16.5 Å². The zero-order chi connectivity index (χ0) is 22.2. The van der Waals surface area contributed by atoms with Crippen LogP contribution in [-0.2, 0) is 6.42 Å². The van der Waals surface area contributed by atoms with Gasteiger partial charge in [-0.25, -0.2) is 0 Å². The zero-order valence-corrected chi connectivity index (χ0v) is 18.5. The number of rotatable bonds is 4. The number of nitrogens with zero attached hydrogens (tertiary/aromatic N) is 5. The Kier molecular flexibility index (Phi) is 5.30. The molecule has 1 amide bonds. The molecule has 5 rings (SSSR count). The molecule has 0 spiro atoms. The van der Waals surface area contributed by atoms with Gasteiger partial charge in [0.2, 0.25) is 5.65 Å². The van der Waals surface area contributed by atoms with E-state index in [-0.39, 0.29) is 17.1 Å². The van der Waals surface area contributed by atoms with Crippen LogP contribution in [0.1, 0.15) is 29.5 Å². The van der Waals surface area contributed by atoms with Gasteiger partial charge in [-0.1, -0.05) is 30.7 Å². The standard InChI is InChI=1S/C23H23ClN6O2/c1-2-5-20-26-27-21-22(31)25-17-14-15(8-9-19(17)30(20)21)23(32)29-12-10-28(11-13-29)18-7-4-3-6-16(18)24/h3-4,6-9,14H,2,5,10-13H2,1H3,(H,25,31). The molecule has 2 aromatic carbocycles. The number of hydrogen-bond acceptors (Lipinski definition) is 5. The third-order valence-corrected chi connectivity index (χ3v) is 6.22. The van der Waals surface area contributed by atoms with Gasteiger partial charge in [0.05, 0.1) is 21.7 Å². The topological polar surface area (TPSA) is 86.6 Å². The lowest BCUT2D eigenvalue weighted by Crippen LogP contribution is -2.48. The number of amides is 1. The van der Waals surface area contributed by atoms with Gasteiger partial charge in [-0.2, -0.15) is 0 Å². The fourth-order valence-electron chi connectivity index (χ4n) is 4.29. The number of fused-ring (bicyclic) bond motifs is 3. The molecule has 4 aromatic rings. The minimum atomic E-state index is -0.315. The molecule has 0 radical (unpaired) electrons. The van der Waals surface area contributed by atoms with E-state index in [1.807, 2.05) is 35.2 Å². The van der Waals surface area contributed by atoms with Crippen LogP contribution in [0.15, 0.2) is 47.3 Å². The third-order valence-electron chi connectivity index (χ3n) is 5.90. The third kappa shape index (κ3) is 3.50. The number of carbonyl (C=O) groups is 1. The molecule has 2 aromatic heterocycles. The summed E-state index contributed by atoms with van der Waals surface area (Å²) in [6.07, 6.45) is 1.61. The average molecular weight is 451 g/mol. The van der Waals surface area contributed by atoms with Crippen LogP contribution in [0.4, 0.5) is 5.69 Å². The second kappa shape index (κ2) is 8.27. The molecule has 0 aliphatic carbocycles. The average Bonchev–Trinajstić information content (AvgIpc) is 3.24. The number of para-hydroxylation sites is 1. The van der Waals surface area contributed by atoms with Crippen LogP contribution in [0.3, 0.4) is 0 Å². The van der Waals surface area contributed by atoms with Crippen LogP contribution >= 0.6 is 11.6 Å². The van der Waals surface area contributed by atoms with Crippen molar-refractivity contribution in [2.45, 2.75) is 19.8 Å². The molecule has 0 atom stereocenters. The Balaban J connectivity index is 1.41. The molecular weight excluding hydrogens is 428 g/mol. The first-order valence-electron chi connectivity index (χ1n) is 10.8. The minimum Gasteiger partial charge on any atom is -0.367 e. The van der Waals surface area contributed by atoms with E-state index in [1.165, 1.54) is 0 Å². The van der Waals surface area contributed by atoms with Crippen LogP contribution in [0, 0.1) is 0 Å². The van der Waals surface area contributed by atoms with E-state index in [2.05, 4.69) is 27.0 Å². The number of carbonyl (C=O) groups excluding carboxylic acids is 1. The maximum atomic E-state index is 13.2. The van der Waals surface area contributed by atoms with Crippen LogP contribution in [0.2, 0.25) is 5.02 Å². The van der Waals surface area contributed by atoms with Gasteiger partial charge in [-0.05, 0) is 36.8 Å². The van der Waals surface area contributed by atoms with Gasteiger partial charge in [-0.15, -0.1) is 10.2 Å². The summed E-state index contributed by atoms with van der Waals surface area (Å²) in [5.41, 5.74) is 2.88. The SMILES string of the molecule is CCCc1nnc2c(=O)[nH]c3cc(C(=O)N4CCN(c5ccccc5Cl)CC4)ccc3n12. The van der Waals surface area contributed by atoms with Gasteiger partial charge in [0.25, 0.3) is 11.5 Å². The van der Waals surface area contributed by atoms with E-state index in [9.17, 15) is 9.59 Å². The van der Waals surface area contributed by atoms with Crippen LogP contribution in [0.5, 0.6) is 0 Å².